The molecule has 1 fully saturated rings. The molecular weight excluding hydrogens is 274 g/mol. The molecule has 1 aliphatic carbocycles. The van der Waals surface area contributed by atoms with Crippen molar-refractivity contribution in [2.45, 2.75) is 31.7 Å². The number of amides is 1. The van der Waals surface area contributed by atoms with Gasteiger partial charge in [0.25, 0.3) is 5.91 Å². The summed E-state index contributed by atoms with van der Waals surface area (Å²) >= 11 is 0. The molecule has 0 bridgehead atoms. The number of benzene rings is 1. The van der Waals surface area contributed by atoms with Gasteiger partial charge in [0.1, 0.15) is 0 Å². The van der Waals surface area contributed by atoms with Crippen molar-refractivity contribution in [1.29, 1.82) is 0 Å². The predicted octanol–water partition coefficient (Wildman–Crippen LogP) is 1.53. The number of aromatic hydroxyl groups is 1. The first-order valence-corrected chi connectivity index (χ1v) is 7.01. The summed E-state index contributed by atoms with van der Waals surface area (Å²) in [5, 5.41) is 21.4. The van der Waals surface area contributed by atoms with Crippen LogP contribution >= 0.6 is 0 Å². The average molecular weight is 293 g/mol. The minimum atomic E-state index is -0.873. The Labute approximate surface area is 122 Å². The Bertz CT molecular complexity index is 517. The molecular formula is C15H19NO5. The third-order valence-corrected chi connectivity index (χ3v) is 3.65. The molecule has 2 unspecified atom stereocenters. The Hall–Kier alpha value is -2.24. The number of para-hydroxylation sites is 2. The van der Waals surface area contributed by atoms with Crippen molar-refractivity contribution >= 4 is 11.9 Å². The number of rotatable bonds is 5. The van der Waals surface area contributed by atoms with Crippen LogP contribution in [-0.2, 0) is 9.59 Å². The van der Waals surface area contributed by atoms with E-state index in [9.17, 15) is 14.7 Å². The second-order valence-corrected chi connectivity index (χ2v) is 5.16. The summed E-state index contributed by atoms with van der Waals surface area (Å²) in [6.07, 6.45) is 3.03. The molecule has 2 atom stereocenters. The summed E-state index contributed by atoms with van der Waals surface area (Å²) in [6.45, 7) is -0.250. The van der Waals surface area contributed by atoms with Gasteiger partial charge in [0.15, 0.2) is 18.1 Å². The van der Waals surface area contributed by atoms with Gasteiger partial charge < -0.3 is 20.3 Å². The van der Waals surface area contributed by atoms with Crippen molar-refractivity contribution in [3.63, 3.8) is 0 Å². The van der Waals surface area contributed by atoms with Gasteiger partial charge >= 0.3 is 5.97 Å². The van der Waals surface area contributed by atoms with Crippen LogP contribution in [0.2, 0.25) is 0 Å². The Balaban J connectivity index is 1.86. The largest absolute Gasteiger partial charge is 0.504 e. The number of carboxylic acids is 1. The van der Waals surface area contributed by atoms with E-state index in [-0.39, 0.29) is 30.1 Å². The maximum atomic E-state index is 11.9. The van der Waals surface area contributed by atoms with Crippen molar-refractivity contribution in [1.82, 2.24) is 5.32 Å². The second kappa shape index (κ2) is 6.97. The lowest BCUT2D eigenvalue weighted by Crippen LogP contribution is -2.46. The zero-order valence-corrected chi connectivity index (χ0v) is 11.6. The normalized spacial score (nSPS) is 21.5. The summed E-state index contributed by atoms with van der Waals surface area (Å²) in [5.74, 6) is -1.59. The number of hydrogen-bond acceptors (Lipinski definition) is 4. The van der Waals surface area contributed by atoms with Crippen LogP contribution in [0.5, 0.6) is 11.5 Å². The maximum Gasteiger partial charge on any atom is 0.308 e. The zero-order valence-electron chi connectivity index (χ0n) is 11.6. The zero-order chi connectivity index (χ0) is 15.2. The van der Waals surface area contributed by atoms with Crippen molar-refractivity contribution in [2.75, 3.05) is 6.61 Å². The number of aliphatic carboxylic acids is 1. The van der Waals surface area contributed by atoms with E-state index >= 15 is 0 Å². The van der Waals surface area contributed by atoms with Gasteiger partial charge in [-0.05, 0) is 25.0 Å². The molecule has 0 saturated heterocycles. The number of phenolic OH excluding ortho intramolecular Hbond substituents is 1. The molecule has 6 nitrogen and oxygen atoms in total. The number of carbonyl (C=O) groups is 2. The molecule has 114 valence electrons. The lowest BCUT2D eigenvalue weighted by Gasteiger charge is -2.29. The minimum Gasteiger partial charge on any atom is -0.504 e. The van der Waals surface area contributed by atoms with Crippen LogP contribution in [0.25, 0.3) is 0 Å². The van der Waals surface area contributed by atoms with E-state index in [4.69, 9.17) is 9.84 Å². The highest BCUT2D eigenvalue weighted by atomic mass is 16.5. The van der Waals surface area contributed by atoms with Gasteiger partial charge in [-0.15, -0.1) is 0 Å². The van der Waals surface area contributed by atoms with Crippen LogP contribution in [0, 0.1) is 5.92 Å². The van der Waals surface area contributed by atoms with Gasteiger partial charge in [-0.2, -0.15) is 0 Å². The van der Waals surface area contributed by atoms with Crippen LogP contribution in [0.15, 0.2) is 24.3 Å². The second-order valence-electron chi connectivity index (χ2n) is 5.16. The summed E-state index contributed by atoms with van der Waals surface area (Å²) in [6, 6.07) is 6.02. The van der Waals surface area contributed by atoms with Gasteiger partial charge in [-0.25, -0.2) is 0 Å². The van der Waals surface area contributed by atoms with Crippen LogP contribution in [-0.4, -0.2) is 34.7 Å². The van der Waals surface area contributed by atoms with E-state index in [1.165, 1.54) is 6.07 Å². The Kier molecular flexibility index (Phi) is 5.03. The number of carboxylic acid groups (broad SMARTS) is 1. The fraction of sp³-hybridized carbons (Fsp3) is 0.467. The molecule has 0 radical (unpaired) electrons. The number of carbonyl (C=O) groups excluding carboxylic acids is 1. The molecule has 0 aromatic heterocycles. The fourth-order valence-corrected chi connectivity index (χ4v) is 2.57. The minimum absolute atomic E-state index is 0.0358. The molecule has 21 heavy (non-hydrogen) atoms. The highest BCUT2D eigenvalue weighted by Crippen LogP contribution is 2.25. The van der Waals surface area contributed by atoms with Crippen LogP contribution in [0.4, 0.5) is 0 Å². The van der Waals surface area contributed by atoms with E-state index in [2.05, 4.69) is 5.32 Å². The van der Waals surface area contributed by atoms with Gasteiger partial charge in [0, 0.05) is 6.04 Å². The first kappa shape index (κ1) is 15.2. The first-order chi connectivity index (χ1) is 10.1. The molecule has 0 spiro atoms. The number of nitrogens with one attached hydrogen (secondary N) is 1. The molecule has 2 rings (SSSR count). The predicted molar refractivity (Wildman–Crippen MR) is 75.1 cm³/mol. The van der Waals surface area contributed by atoms with Crippen LogP contribution < -0.4 is 10.1 Å². The molecule has 0 heterocycles. The molecule has 1 aromatic rings. The van der Waals surface area contributed by atoms with Crippen LogP contribution in [0.3, 0.4) is 0 Å². The van der Waals surface area contributed by atoms with Gasteiger partial charge in [0.2, 0.25) is 0 Å². The summed E-state index contributed by atoms with van der Waals surface area (Å²) in [5.41, 5.74) is 0. The molecule has 0 aliphatic heterocycles. The Morgan fingerprint density at radius 3 is 2.67 bits per heavy atom. The van der Waals surface area contributed by atoms with Gasteiger partial charge in [-0.1, -0.05) is 25.0 Å². The standard InChI is InChI=1S/C15H19NO5/c17-12-7-3-4-8-13(12)21-9-14(18)16-11-6-2-1-5-10(11)15(19)20/h3-4,7-8,10-11,17H,1-2,5-6,9H2,(H,16,18)(H,19,20). The molecule has 3 N–H and O–H groups in total. The number of hydrogen-bond donors (Lipinski definition) is 3. The lowest BCUT2D eigenvalue weighted by atomic mass is 9.84. The van der Waals surface area contributed by atoms with Crippen molar-refractivity contribution in [2.24, 2.45) is 5.92 Å². The summed E-state index contributed by atoms with van der Waals surface area (Å²) in [7, 11) is 0. The SMILES string of the molecule is O=C(COc1ccccc1O)NC1CCCCC1C(=O)O. The quantitative estimate of drug-likeness (QED) is 0.765. The third-order valence-electron chi connectivity index (χ3n) is 3.65. The topological polar surface area (TPSA) is 95.9 Å². The van der Waals surface area contributed by atoms with E-state index < -0.39 is 11.9 Å². The first-order valence-electron chi connectivity index (χ1n) is 7.01. The summed E-state index contributed by atoms with van der Waals surface area (Å²) in [4.78, 5) is 23.0. The monoisotopic (exact) mass is 293 g/mol. The highest BCUT2D eigenvalue weighted by molar-refractivity contribution is 5.79. The Morgan fingerprint density at radius 2 is 1.95 bits per heavy atom. The maximum absolute atomic E-state index is 11.9. The van der Waals surface area contributed by atoms with E-state index in [0.717, 1.165) is 12.8 Å². The number of phenols is 1. The molecule has 1 aliphatic rings. The van der Waals surface area contributed by atoms with E-state index in [1.807, 2.05) is 0 Å². The van der Waals surface area contributed by atoms with Crippen LogP contribution in [0.1, 0.15) is 25.7 Å². The molecule has 1 aromatic carbocycles. The molecule has 1 saturated carbocycles. The van der Waals surface area contributed by atoms with Gasteiger partial charge in [0.05, 0.1) is 5.92 Å². The number of ether oxygens (including phenoxy) is 1. The smallest absolute Gasteiger partial charge is 0.308 e. The average Bonchev–Trinajstić information content (AvgIpc) is 2.47. The fourth-order valence-electron chi connectivity index (χ4n) is 2.57. The Morgan fingerprint density at radius 1 is 1.24 bits per heavy atom. The molecule has 6 heteroatoms. The third kappa shape index (κ3) is 4.11. The van der Waals surface area contributed by atoms with Gasteiger partial charge in [-0.3, -0.25) is 9.59 Å². The van der Waals surface area contributed by atoms with Crippen molar-refractivity contribution in [3.05, 3.63) is 24.3 Å². The van der Waals surface area contributed by atoms with E-state index in [0.29, 0.717) is 12.8 Å². The van der Waals surface area contributed by atoms with E-state index in [1.54, 1.807) is 18.2 Å². The molecule has 1 amide bonds. The van der Waals surface area contributed by atoms with Crippen molar-refractivity contribution in [3.8, 4) is 11.5 Å². The lowest BCUT2D eigenvalue weighted by molar-refractivity contribution is -0.144. The summed E-state index contributed by atoms with van der Waals surface area (Å²) < 4.78 is 5.23. The highest BCUT2D eigenvalue weighted by Gasteiger charge is 2.31. The van der Waals surface area contributed by atoms with Crippen molar-refractivity contribution < 1.29 is 24.5 Å².